The Labute approximate surface area is 113 Å². The number of hydrogen-bond acceptors (Lipinski definition) is 3. The summed E-state index contributed by atoms with van der Waals surface area (Å²) in [7, 11) is 0. The molecular weight excluding hydrogens is 246 g/mol. The van der Waals surface area contributed by atoms with Gasteiger partial charge in [-0.2, -0.15) is 0 Å². The smallest absolute Gasteiger partial charge is 0.0589 e. The lowest BCUT2D eigenvalue weighted by Gasteiger charge is -2.42. The van der Waals surface area contributed by atoms with Gasteiger partial charge in [-0.25, -0.2) is 5.01 Å². The third-order valence-corrected chi connectivity index (χ3v) is 4.19. The SMILES string of the molecule is Nc1cc(Cl)cc2c1CCCN2N1CCCCC1. The van der Waals surface area contributed by atoms with Crippen LogP contribution >= 0.6 is 11.6 Å². The van der Waals surface area contributed by atoms with E-state index in [2.05, 4.69) is 16.1 Å². The maximum atomic E-state index is 6.16. The zero-order valence-corrected chi connectivity index (χ0v) is 11.4. The number of nitrogen functional groups attached to an aromatic ring is 1. The van der Waals surface area contributed by atoms with Crippen LogP contribution in [-0.4, -0.2) is 24.6 Å². The van der Waals surface area contributed by atoms with Crippen molar-refractivity contribution in [3.63, 3.8) is 0 Å². The fourth-order valence-corrected chi connectivity index (χ4v) is 3.31. The second-order valence-electron chi connectivity index (χ2n) is 5.23. The number of hydrazine groups is 1. The van der Waals surface area contributed by atoms with E-state index in [1.807, 2.05) is 6.07 Å². The second-order valence-corrected chi connectivity index (χ2v) is 5.67. The molecule has 0 amide bonds. The Morgan fingerprint density at radius 1 is 1.00 bits per heavy atom. The molecule has 1 aromatic carbocycles. The van der Waals surface area contributed by atoms with Crippen molar-refractivity contribution >= 4 is 23.0 Å². The van der Waals surface area contributed by atoms with Crippen molar-refractivity contribution < 1.29 is 0 Å². The summed E-state index contributed by atoms with van der Waals surface area (Å²) in [5.41, 5.74) is 9.45. The fourth-order valence-electron chi connectivity index (χ4n) is 3.08. The first kappa shape index (κ1) is 12.1. The molecule has 0 atom stereocenters. The Morgan fingerprint density at radius 2 is 1.78 bits per heavy atom. The molecule has 1 fully saturated rings. The van der Waals surface area contributed by atoms with E-state index in [9.17, 15) is 0 Å². The Kier molecular flexibility index (Phi) is 3.35. The number of piperidine rings is 1. The third-order valence-electron chi connectivity index (χ3n) is 3.97. The fraction of sp³-hybridized carbons (Fsp3) is 0.571. The summed E-state index contributed by atoms with van der Waals surface area (Å²) in [6, 6.07) is 3.95. The van der Waals surface area contributed by atoms with Gasteiger partial charge in [-0.1, -0.05) is 18.0 Å². The summed E-state index contributed by atoms with van der Waals surface area (Å²) >= 11 is 6.16. The normalized spacial score (nSPS) is 20.8. The molecule has 1 aromatic rings. The predicted octanol–water partition coefficient (Wildman–Crippen LogP) is 3.08. The molecule has 2 N–H and O–H groups in total. The Hall–Kier alpha value is -0.930. The monoisotopic (exact) mass is 265 g/mol. The highest BCUT2D eigenvalue weighted by atomic mass is 35.5. The molecule has 0 unspecified atom stereocenters. The molecular formula is C14H20ClN3. The molecule has 98 valence electrons. The molecule has 0 spiro atoms. The highest BCUT2D eigenvalue weighted by Gasteiger charge is 2.25. The van der Waals surface area contributed by atoms with Gasteiger partial charge in [0, 0.05) is 30.3 Å². The van der Waals surface area contributed by atoms with Crippen LogP contribution in [0.25, 0.3) is 0 Å². The average molecular weight is 266 g/mol. The summed E-state index contributed by atoms with van der Waals surface area (Å²) in [6.07, 6.45) is 6.19. The number of nitrogens with zero attached hydrogens (tertiary/aromatic N) is 2. The molecule has 0 aliphatic carbocycles. The van der Waals surface area contributed by atoms with Crippen LogP contribution in [0.1, 0.15) is 31.2 Å². The predicted molar refractivity (Wildman–Crippen MR) is 77.0 cm³/mol. The van der Waals surface area contributed by atoms with Crippen molar-refractivity contribution in [2.45, 2.75) is 32.1 Å². The summed E-state index contributed by atoms with van der Waals surface area (Å²) in [6.45, 7) is 3.41. The lowest BCUT2D eigenvalue weighted by Crippen LogP contribution is -2.48. The average Bonchev–Trinajstić information content (AvgIpc) is 2.39. The van der Waals surface area contributed by atoms with Gasteiger partial charge in [0.1, 0.15) is 0 Å². The van der Waals surface area contributed by atoms with Crippen molar-refractivity contribution in [1.82, 2.24) is 5.01 Å². The molecule has 18 heavy (non-hydrogen) atoms. The van der Waals surface area contributed by atoms with E-state index < -0.39 is 0 Å². The minimum Gasteiger partial charge on any atom is -0.398 e. The molecule has 3 nitrogen and oxygen atoms in total. The molecule has 0 radical (unpaired) electrons. The quantitative estimate of drug-likeness (QED) is 0.792. The first-order chi connectivity index (χ1) is 8.75. The van der Waals surface area contributed by atoms with E-state index in [1.165, 1.54) is 36.9 Å². The zero-order valence-electron chi connectivity index (χ0n) is 10.7. The van der Waals surface area contributed by atoms with E-state index in [-0.39, 0.29) is 0 Å². The van der Waals surface area contributed by atoms with Gasteiger partial charge < -0.3 is 10.7 Å². The third kappa shape index (κ3) is 2.17. The highest BCUT2D eigenvalue weighted by molar-refractivity contribution is 6.31. The highest BCUT2D eigenvalue weighted by Crippen LogP contribution is 2.35. The molecule has 2 heterocycles. The van der Waals surface area contributed by atoms with Gasteiger partial charge in [-0.05, 0) is 43.4 Å². The lowest BCUT2D eigenvalue weighted by atomic mass is 10.0. The number of rotatable bonds is 1. The molecule has 4 heteroatoms. The van der Waals surface area contributed by atoms with Crippen molar-refractivity contribution in [3.05, 3.63) is 22.7 Å². The first-order valence-corrected chi connectivity index (χ1v) is 7.24. The van der Waals surface area contributed by atoms with Gasteiger partial charge in [0.25, 0.3) is 0 Å². The Bertz CT molecular complexity index is 441. The van der Waals surface area contributed by atoms with Crippen molar-refractivity contribution in [1.29, 1.82) is 0 Å². The lowest BCUT2D eigenvalue weighted by molar-refractivity contribution is 0.203. The maximum absolute atomic E-state index is 6.16. The molecule has 2 aliphatic rings. The van der Waals surface area contributed by atoms with Crippen LogP contribution in [0.15, 0.2) is 12.1 Å². The minimum atomic E-state index is 0.746. The van der Waals surface area contributed by atoms with Crippen LogP contribution in [0.2, 0.25) is 5.02 Å². The number of halogens is 1. The van der Waals surface area contributed by atoms with E-state index in [4.69, 9.17) is 17.3 Å². The van der Waals surface area contributed by atoms with Crippen LogP contribution in [0, 0.1) is 0 Å². The first-order valence-electron chi connectivity index (χ1n) is 6.86. The van der Waals surface area contributed by atoms with Gasteiger partial charge >= 0.3 is 0 Å². The standard InChI is InChI=1S/C14H20ClN3/c15-11-9-13(16)12-5-4-8-18(14(12)10-11)17-6-2-1-3-7-17/h9-10H,1-8,16H2. The summed E-state index contributed by atoms with van der Waals surface area (Å²) < 4.78 is 0. The van der Waals surface area contributed by atoms with Gasteiger partial charge in [0.15, 0.2) is 0 Å². The van der Waals surface area contributed by atoms with Gasteiger partial charge in [0.2, 0.25) is 0 Å². The van der Waals surface area contributed by atoms with Crippen LogP contribution in [0.4, 0.5) is 11.4 Å². The number of benzene rings is 1. The van der Waals surface area contributed by atoms with Crippen LogP contribution < -0.4 is 10.7 Å². The van der Waals surface area contributed by atoms with Crippen LogP contribution in [0.3, 0.4) is 0 Å². The minimum absolute atomic E-state index is 0.746. The van der Waals surface area contributed by atoms with Crippen molar-refractivity contribution in [3.8, 4) is 0 Å². The summed E-state index contributed by atoms with van der Waals surface area (Å²) in [5, 5.41) is 5.62. The topological polar surface area (TPSA) is 32.5 Å². The van der Waals surface area contributed by atoms with E-state index in [0.29, 0.717) is 0 Å². The number of fused-ring (bicyclic) bond motifs is 1. The van der Waals surface area contributed by atoms with Crippen molar-refractivity contribution in [2.75, 3.05) is 30.4 Å². The van der Waals surface area contributed by atoms with Gasteiger partial charge in [-0.15, -0.1) is 0 Å². The van der Waals surface area contributed by atoms with Gasteiger partial charge in [-0.3, -0.25) is 0 Å². The Morgan fingerprint density at radius 3 is 2.56 bits per heavy atom. The maximum Gasteiger partial charge on any atom is 0.0589 e. The second kappa shape index (κ2) is 4.98. The zero-order chi connectivity index (χ0) is 12.5. The Balaban J connectivity index is 1.95. The molecule has 1 saturated heterocycles. The van der Waals surface area contributed by atoms with E-state index in [0.717, 1.165) is 36.8 Å². The number of hydrogen-bond donors (Lipinski definition) is 1. The van der Waals surface area contributed by atoms with E-state index in [1.54, 1.807) is 0 Å². The summed E-state index contributed by atoms with van der Waals surface area (Å²) in [5.74, 6) is 0. The summed E-state index contributed by atoms with van der Waals surface area (Å²) in [4.78, 5) is 0. The molecule has 0 bridgehead atoms. The largest absolute Gasteiger partial charge is 0.398 e. The van der Waals surface area contributed by atoms with Crippen molar-refractivity contribution in [2.24, 2.45) is 0 Å². The molecule has 2 aliphatic heterocycles. The van der Waals surface area contributed by atoms with Gasteiger partial charge in [0.05, 0.1) is 5.69 Å². The van der Waals surface area contributed by atoms with Crippen LogP contribution in [0.5, 0.6) is 0 Å². The number of nitrogens with two attached hydrogens (primary N) is 1. The molecule has 0 aromatic heterocycles. The molecule has 0 saturated carbocycles. The number of anilines is 2. The van der Waals surface area contributed by atoms with E-state index >= 15 is 0 Å². The van der Waals surface area contributed by atoms with Crippen LogP contribution in [-0.2, 0) is 6.42 Å². The molecule has 3 rings (SSSR count).